The third-order valence-electron chi connectivity index (χ3n) is 3.40. The lowest BCUT2D eigenvalue weighted by Crippen LogP contribution is -2.32. The SMILES string of the molecule is N/C(=N/C(N)c1cccc(Cl)c1F)NC=NCCCOc1ccc(Cl)cc1. The smallest absolute Gasteiger partial charge is 0.195 e. The molecular weight excluding hydrogens is 392 g/mol. The highest BCUT2D eigenvalue weighted by atomic mass is 35.5. The fraction of sp³-hybridized carbons (Fsp3) is 0.222. The van der Waals surface area contributed by atoms with Gasteiger partial charge in [0.15, 0.2) is 5.96 Å². The van der Waals surface area contributed by atoms with Crippen molar-refractivity contribution in [1.82, 2.24) is 5.32 Å². The fourth-order valence-corrected chi connectivity index (χ4v) is 2.37. The summed E-state index contributed by atoms with van der Waals surface area (Å²) in [6.07, 6.45) is 1.14. The van der Waals surface area contributed by atoms with Gasteiger partial charge in [0.1, 0.15) is 17.7 Å². The van der Waals surface area contributed by atoms with Crippen LogP contribution < -0.4 is 21.5 Å². The number of rotatable bonds is 8. The molecule has 0 aromatic heterocycles. The summed E-state index contributed by atoms with van der Waals surface area (Å²) >= 11 is 11.5. The molecule has 5 N–H and O–H groups in total. The molecule has 9 heteroatoms. The van der Waals surface area contributed by atoms with Crippen molar-refractivity contribution in [3.05, 3.63) is 63.9 Å². The number of nitrogens with one attached hydrogen (secondary N) is 1. The lowest BCUT2D eigenvalue weighted by molar-refractivity contribution is 0.313. The van der Waals surface area contributed by atoms with Crippen molar-refractivity contribution in [3.8, 4) is 5.75 Å². The zero-order valence-corrected chi connectivity index (χ0v) is 15.9. The van der Waals surface area contributed by atoms with E-state index in [1.165, 1.54) is 18.5 Å². The molecule has 0 heterocycles. The molecule has 1 unspecified atom stereocenters. The summed E-state index contributed by atoms with van der Waals surface area (Å²) in [5.41, 5.74) is 11.7. The molecule has 0 saturated heterocycles. The van der Waals surface area contributed by atoms with E-state index in [9.17, 15) is 4.39 Å². The van der Waals surface area contributed by atoms with Crippen molar-refractivity contribution < 1.29 is 9.13 Å². The zero-order valence-electron chi connectivity index (χ0n) is 14.4. The van der Waals surface area contributed by atoms with Crippen LogP contribution >= 0.6 is 23.2 Å². The van der Waals surface area contributed by atoms with Crippen LogP contribution in [0.4, 0.5) is 4.39 Å². The Morgan fingerprint density at radius 1 is 1.22 bits per heavy atom. The van der Waals surface area contributed by atoms with Crippen LogP contribution in [0.15, 0.2) is 52.4 Å². The molecule has 2 rings (SSSR count). The van der Waals surface area contributed by atoms with Gasteiger partial charge in [-0.05, 0) is 30.3 Å². The molecule has 2 aromatic carbocycles. The lowest BCUT2D eigenvalue weighted by Gasteiger charge is -2.10. The molecule has 6 nitrogen and oxygen atoms in total. The van der Waals surface area contributed by atoms with Gasteiger partial charge in [-0.15, -0.1) is 0 Å². The first-order valence-corrected chi connectivity index (χ1v) is 8.89. The first-order valence-electron chi connectivity index (χ1n) is 8.13. The number of hydrogen-bond donors (Lipinski definition) is 3. The largest absolute Gasteiger partial charge is 0.494 e. The molecule has 0 amide bonds. The maximum Gasteiger partial charge on any atom is 0.195 e. The highest BCUT2D eigenvalue weighted by Gasteiger charge is 2.13. The maximum absolute atomic E-state index is 13.9. The van der Waals surface area contributed by atoms with Gasteiger partial charge in [-0.25, -0.2) is 9.38 Å². The Hall–Kier alpha value is -2.35. The van der Waals surface area contributed by atoms with Crippen LogP contribution in [0.3, 0.4) is 0 Å². The van der Waals surface area contributed by atoms with Gasteiger partial charge in [-0.1, -0.05) is 35.3 Å². The predicted molar refractivity (Wildman–Crippen MR) is 108 cm³/mol. The number of aliphatic imine (C=N–C) groups is 2. The highest BCUT2D eigenvalue weighted by molar-refractivity contribution is 6.31. The molecule has 0 aliphatic carbocycles. The van der Waals surface area contributed by atoms with E-state index in [1.54, 1.807) is 30.3 Å². The molecule has 0 aliphatic rings. The fourth-order valence-electron chi connectivity index (χ4n) is 2.06. The molecule has 0 bridgehead atoms. The van der Waals surface area contributed by atoms with E-state index < -0.39 is 12.0 Å². The number of benzene rings is 2. The average Bonchev–Trinajstić information content (AvgIpc) is 2.64. The molecule has 0 aliphatic heterocycles. The number of nitrogens with zero attached hydrogens (tertiary/aromatic N) is 2. The first kappa shape index (κ1) is 21.0. The van der Waals surface area contributed by atoms with Crippen molar-refractivity contribution >= 4 is 35.5 Å². The van der Waals surface area contributed by atoms with Crippen LogP contribution in [-0.2, 0) is 0 Å². The Kier molecular flexibility index (Phi) is 8.32. The van der Waals surface area contributed by atoms with Crippen LogP contribution in [0.5, 0.6) is 5.75 Å². The van der Waals surface area contributed by atoms with Crippen molar-refractivity contribution in [1.29, 1.82) is 0 Å². The minimum atomic E-state index is -0.975. The van der Waals surface area contributed by atoms with Crippen LogP contribution in [0.2, 0.25) is 10.0 Å². The molecule has 2 aromatic rings. The summed E-state index contributed by atoms with van der Waals surface area (Å²) in [5, 5.41) is 3.32. The van der Waals surface area contributed by atoms with Crippen LogP contribution in [0.1, 0.15) is 18.2 Å². The van der Waals surface area contributed by atoms with Crippen molar-refractivity contribution in [2.75, 3.05) is 13.2 Å². The van der Waals surface area contributed by atoms with Gasteiger partial charge in [0.2, 0.25) is 0 Å². The van der Waals surface area contributed by atoms with Gasteiger partial charge >= 0.3 is 0 Å². The summed E-state index contributed by atoms with van der Waals surface area (Å²) in [7, 11) is 0. The Morgan fingerprint density at radius 2 is 1.96 bits per heavy atom. The van der Waals surface area contributed by atoms with Gasteiger partial charge in [0.25, 0.3) is 0 Å². The Balaban J connectivity index is 1.71. The molecule has 0 radical (unpaired) electrons. The van der Waals surface area contributed by atoms with Crippen molar-refractivity contribution in [3.63, 3.8) is 0 Å². The molecule has 27 heavy (non-hydrogen) atoms. The second-order valence-electron chi connectivity index (χ2n) is 5.44. The standard InChI is InChI=1S/C18H20Cl2FN5O/c19-12-5-7-13(8-6-12)27-10-2-9-24-11-25-18(23)26-17(22)14-3-1-4-15(20)16(14)21/h1,3-8,11,17H,2,9-10,22H2,(H3,23,24,25,26). The lowest BCUT2D eigenvalue weighted by atomic mass is 10.2. The summed E-state index contributed by atoms with van der Waals surface area (Å²) in [6.45, 7) is 1.05. The summed E-state index contributed by atoms with van der Waals surface area (Å²) in [4.78, 5) is 8.10. The minimum absolute atomic E-state index is 0.0167. The van der Waals surface area contributed by atoms with E-state index in [-0.39, 0.29) is 16.5 Å². The summed E-state index contributed by atoms with van der Waals surface area (Å²) in [6, 6.07) is 11.7. The maximum atomic E-state index is 13.9. The second-order valence-corrected chi connectivity index (χ2v) is 6.28. The number of hydrogen-bond acceptors (Lipinski definition) is 4. The van der Waals surface area contributed by atoms with Gasteiger partial charge in [0.05, 0.1) is 18.0 Å². The Bertz CT molecular complexity index is 799. The number of nitrogens with two attached hydrogens (primary N) is 2. The van der Waals surface area contributed by atoms with Crippen molar-refractivity contribution in [2.45, 2.75) is 12.6 Å². The summed E-state index contributed by atoms with van der Waals surface area (Å²) < 4.78 is 19.4. The third kappa shape index (κ3) is 7.05. The van der Waals surface area contributed by atoms with Gasteiger partial charge in [0, 0.05) is 23.6 Å². The van der Waals surface area contributed by atoms with Crippen LogP contribution in [0.25, 0.3) is 0 Å². The second kappa shape index (κ2) is 10.7. The van der Waals surface area contributed by atoms with E-state index in [0.29, 0.717) is 24.6 Å². The molecule has 1 atom stereocenters. The highest BCUT2D eigenvalue weighted by Crippen LogP contribution is 2.22. The summed E-state index contributed by atoms with van der Waals surface area (Å²) in [5.74, 6) is 0.153. The van der Waals surface area contributed by atoms with E-state index >= 15 is 0 Å². The zero-order chi connectivity index (χ0) is 19.6. The first-order chi connectivity index (χ1) is 13.0. The average molecular weight is 412 g/mol. The topological polar surface area (TPSA) is 98.0 Å². The van der Waals surface area contributed by atoms with Crippen LogP contribution in [-0.4, -0.2) is 25.4 Å². The molecule has 0 fully saturated rings. The molecule has 0 saturated carbocycles. The van der Waals surface area contributed by atoms with Gasteiger partial charge in [-0.2, -0.15) is 0 Å². The minimum Gasteiger partial charge on any atom is -0.494 e. The van der Waals surface area contributed by atoms with E-state index in [1.807, 2.05) is 0 Å². The van der Waals surface area contributed by atoms with Gasteiger partial charge < -0.3 is 21.5 Å². The molecular formula is C18H20Cl2FN5O. The van der Waals surface area contributed by atoms with E-state index in [4.69, 9.17) is 39.4 Å². The van der Waals surface area contributed by atoms with Crippen LogP contribution in [0, 0.1) is 5.82 Å². The predicted octanol–water partition coefficient (Wildman–Crippen LogP) is 3.49. The molecule has 0 spiro atoms. The van der Waals surface area contributed by atoms with Crippen molar-refractivity contribution in [2.24, 2.45) is 21.5 Å². The number of ether oxygens (including phenoxy) is 1. The third-order valence-corrected chi connectivity index (χ3v) is 3.94. The Labute approximate surface area is 167 Å². The molecule has 144 valence electrons. The van der Waals surface area contributed by atoms with E-state index in [2.05, 4.69) is 15.3 Å². The number of halogens is 3. The van der Waals surface area contributed by atoms with E-state index in [0.717, 1.165) is 5.75 Å². The van der Waals surface area contributed by atoms with Gasteiger partial charge in [-0.3, -0.25) is 4.99 Å². The quantitative estimate of drug-likeness (QED) is 0.351. The monoisotopic (exact) mass is 411 g/mol. The number of guanidine groups is 1. The Morgan fingerprint density at radius 3 is 2.70 bits per heavy atom. The normalized spacial score (nSPS) is 13.0.